The van der Waals surface area contributed by atoms with E-state index in [9.17, 15) is 4.79 Å². The van der Waals surface area contributed by atoms with Gasteiger partial charge in [0.05, 0.1) is 25.7 Å². The van der Waals surface area contributed by atoms with E-state index in [1.165, 1.54) is 5.56 Å². The van der Waals surface area contributed by atoms with Crippen LogP contribution in [-0.4, -0.2) is 51.7 Å². The summed E-state index contributed by atoms with van der Waals surface area (Å²) in [5.74, 6) is -0.0933. The van der Waals surface area contributed by atoms with Crippen molar-refractivity contribution < 1.29 is 23.7 Å². The highest BCUT2D eigenvalue weighted by atomic mass is 16.6. The van der Waals surface area contributed by atoms with E-state index >= 15 is 0 Å². The number of esters is 1. The molecular formula is C19H28O5. The summed E-state index contributed by atoms with van der Waals surface area (Å²) in [6.45, 7) is 4.09. The predicted molar refractivity (Wildman–Crippen MR) is 90.9 cm³/mol. The lowest BCUT2D eigenvalue weighted by molar-refractivity contribution is -0.158. The Kier molecular flexibility index (Phi) is 8.22. The van der Waals surface area contributed by atoms with Crippen LogP contribution in [0.15, 0.2) is 30.3 Å². The van der Waals surface area contributed by atoms with Crippen molar-refractivity contribution >= 4 is 5.97 Å². The van der Waals surface area contributed by atoms with Crippen LogP contribution < -0.4 is 0 Å². The van der Waals surface area contributed by atoms with Gasteiger partial charge in [0.15, 0.2) is 0 Å². The molecular weight excluding hydrogens is 308 g/mol. The van der Waals surface area contributed by atoms with E-state index in [2.05, 4.69) is 12.1 Å². The number of rotatable bonds is 7. The lowest BCUT2D eigenvalue weighted by Crippen LogP contribution is -2.40. The number of hydrogen-bond donors (Lipinski definition) is 0. The van der Waals surface area contributed by atoms with Gasteiger partial charge >= 0.3 is 5.97 Å². The highest BCUT2D eigenvalue weighted by Crippen LogP contribution is 2.22. The predicted octanol–water partition coefficient (Wildman–Crippen LogP) is 2.62. The lowest BCUT2D eigenvalue weighted by Gasteiger charge is -2.30. The third-order valence-corrected chi connectivity index (χ3v) is 4.17. The van der Waals surface area contributed by atoms with E-state index < -0.39 is 0 Å². The maximum absolute atomic E-state index is 11.8. The Morgan fingerprint density at radius 2 is 2.00 bits per heavy atom. The Morgan fingerprint density at radius 1 is 1.21 bits per heavy atom. The van der Waals surface area contributed by atoms with E-state index in [1.807, 2.05) is 25.1 Å². The number of hydrogen-bond acceptors (Lipinski definition) is 5. The van der Waals surface area contributed by atoms with Crippen LogP contribution in [0.5, 0.6) is 0 Å². The van der Waals surface area contributed by atoms with Crippen molar-refractivity contribution in [2.24, 2.45) is 5.92 Å². The second kappa shape index (κ2) is 10.4. The third kappa shape index (κ3) is 6.23. The molecule has 0 spiro atoms. The molecule has 3 unspecified atom stereocenters. The Hall–Kier alpha value is -1.43. The van der Waals surface area contributed by atoms with Crippen molar-refractivity contribution in [3.63, 3.8) is 0 Å². The van der Waals surface area contributed by atoms with Gasteiger partial charge in [0.1, 0.15) is 6.10 Å². The minimum absolute atomic E-state index is 0.135. The summed E-state index contributed by atoms with van der Waals surface area (Å²) in [6, 6.07) is 10.3. The first kappa shape index (κ1) is 18.9. The van der Waals surface area contributed by atoms with E-state index in [0.29, 0.717) is 32.8 Å². The topological polar surface area (TPSA) is 54.0 Å². The van der Waals surface area contributed by atoms with Crippen molar-refractivity contribution in [3.8, 4) is 0 Å². The third-order valence-electron chi connectivity index (χ3n) is 4.17. The van der Waals surface area contributed by atoms with Gasteiger partial charge < -0.3 is 18.9 Å². The number of carbonyl (C=O) groups is 1. The Labute approximate surface area is 144 Å². The summed E-state index contributed by atoms with van der Waals surface area (Å²) >= 11 is 0. The van der Waals surface area contributed by atoms with E-state index in [-0.39, 0.29) is 24.1 Å². The zero-order valence-corrected chi connectivity index (χ0v) is 14.6. The molecule has 1 aromatic carbocycles. The number of benzene rings is 1. The highest BCUT2D eigenvalue weighted by Gasteiger charge is 2.32. The summed E-state index contributed by atoms with van der Waals surface area (Å²) in [7, 11) is 1.68. The van der Waals surface area contributed by atoms with Crippen LogP contribution in [0.3, 0.4) is 0 Å². The van der Waals surface area contributed by atoms with Crippen LogP contribution in [-0.2, 0) is 30.2 Å². The van der Waals surface area contributed by atoms with Crippen molar-refractivity contribution in [2.45, 2.75) is 38.4 Å². The maximum atomic E-state index is 11.8. The quantitative estimate of drug-likeness (QED) is 0.566. The average Bonchev–Trinajstić information content (AvgIpc) is 2.64. The zero-order valence-electron chi connectivity index (χ0n) is 14.6. The molecule has 134 valence electrons. The first-order valence-corrected chi connectivity index (χ1v) is 8.62. The van der Waals surface area contributed by atoms with E-state index in [1.54, 1.807) is 7.11 Å². The first-order valence-electron chi connectivity index (χ1n) is 8.62. The van der Waals surface area contributed by atoms with Gasteiger partial charge in [-0.1, -0.05) is 30.3 Å². The zero-order chi connectivity index (χ0) is 17.2. The van der Waals surface area contributed by atoms with Crippen LogP contribution >= 0.6 is 0 Å². The summed E-state index contributed by atoms with van der Waals surface area (Å²) in [4.78, 5) is 11.8. The Morgan fingerprint density at radius 3 is 2.75 bits per heavy atom. The summed E-state index contributed by atoms with van der Waals surface area (Å²) in [5, 5.41) is 0. The van der Waals surface area contributed by atoms with Crippen molar-refractivity contribution in [1.29, 1.82) is 0 Å². The monoisotopic (exact) mass is 336 g/mol. The fourth-order valence-corrected chi connectivity index (χ4v) is 2.99. The molecule has 0 bridgehead atoms. The molecule has 5 nitrogen and oxygen atoms in total. The maximum Gasteiger partial charge on any atom is 0.308 e. The van der Waals surface area contributed by atoms with Crippen LogP contribution in [0.1, 0.15) is 25.3 Å². The van der Waals surface area contributed by atoms with Gasteiger partial charge in [0.25, 0.3) is 0 Å². The normalized spacial score (nSPS) is 25.4. The molecule has 2 rings (SSSR count). The Bertz CT molecular complexity index is 476. The fourth-order valence-electron chi connectivity index (χ4n) is 2.99. The van der Waals surface area contributed by atoms with E-state index in [4.69, 9.17) is 18.9 Å². The molecule has 5 heteroatoms. The molecule has 0 N–H and O–H groups in total. The second-order valence-electron chi connectivity index (χ2n) is 6.15. The average molecular weight is 336 g/mol. The van der Waals surface area contributed by atoms with Gasteiger partial charge in [-0.15, -0.1) is 0 Å². The molecule has 0 aromatic heterocycles. The molecule has 24 heavy (non-hydrogen) atoms. The minimum atomic E-state index is -0.296. The minimum Gasteiger partial charge on any atom is -0.460 e. The van der Waals surface area contributed by atoms with Gasteiger partial charge in [-0.2, -0.15) is 0 Å². The SMILES string of the molecule is COCCCOC1C(Cc2ccccc2)COCCC(=O)OC1C. The van der Waals surface area contributed by atoms with Crippen molar-refractivity contribution in [1.82, 2.24) is 0 Å². The summed E-state index contributed by atoms with van der Waals surface area (Å²) in [6.07, 6.45) is 1.45. The molecule has 1 aromatic rings. The molecule has 1 heterocycles. The molecule has 0 saturated carbocycles. The molecule has 1 saturated heterocycles. The summed E-state index contributed by atoms with van der Waals surface area (Å²) in [5.41, 5.74) is 1.23. The number of methoxy groups -OCH3 is 1. The molecule has 1 fully saturated rings. The fraction of sp³-hybridized carbons (Fsp3) is 0.632. The highest BCUT2D eigenvalue weighted by molar-refractivity contribution is 5.69. The van der Waals surface area contributed by atoms with Crippen LogP contribution in [0.2, 0.25) is 0 Å². The smallest absolute Gasteiger partial charge is 0.308 e. The molecule has 0 radical (unpaired) electrons. The van der Waals surface area contributed by atoms with Crippen LogP contribution in [0, 0.1) is 5.92 Å². The van der Waals surface area contributed by atoms with Gasteiger partial charge in [-0.05, 0) is 25.3 Å². The number of ether oxygens (including phenoxy) is 4. The van der Waals surface area contributed by atoms with Gasteiger partial charge in [0, 0.05) is 26.2 Å². The number of carbonyl (C=O) groups excluding carboxylic acids is 1. The largest absolute Gasteiger partial charge is 0.460 e. The molecule has 0 aliphatic carbocycles. The summed E-state index contributed by atoms with van der Waals surface area (Å²) < 4.78 is 22.4. The second-order valence-corrected chi connectivity index (χ2v) is 6.15. The molecule has 1 aliphatic rings. The van der Waals surface area contributed by atoms with Crippen molar-refractivity contribution in [2.75, 3.05) is 33.5 Å². The Balaban J connectivity index is 2.07. The van der Waals surface area contributed by atoms with Gasteiger partial charge in [-0.25, -0.2) is 0 Å². The van der Waals surface area contributed by atoms with Gasteiger partial charge in [0.2, 0.25) is 0 Å². The van der Waals surface area contributed by atoms with Crippen LogP contribution in [0.25, 0.3) is 0 Å². The van der Waals surface area contributed by atoms with E-state index in [0.717, 1.165) is 12.8 Å². The van der Waals surface area contributed by atoms with Crippen molar-refractivity contribution in [3.05, 3.63) is 35.9 Å². The first-order chi connectivity index (χ1) is 11.7. The van der Waals surface area contributed by atoms with Crippen LogP contribution in [0.4, 0.5) is 0 Å². The standard InChI is InChI=1S/C19H28O5/c1-15-19(23-11-6-10-21-2)17(13-16-7-4-3-5-8-16)14-22-12-9-18(20)24-15/h3-5,7-8,15,17,19H,6,9-14H2,1-2H3. The lowest BCUT2D eigenvalue weighted by atomic mass is 9.91. The number of cyclic esters (lactones) is 1. The molecule has 1 aliphatic heterocycles. The molecule has 3 atom stereocenters. The van der Waals surface area contributed by atoms with Gasteiger partial charge in [-0.3, -0.25) is 4.79 Å². The molecule has 0 amide bonds.